The van der Waals surface area contributed by atoms with Crippen LogP contribution in [0.15, 0.2) is 46.0 Å². The minimum absolute atomic E-state index is 0.192. The first-order valence-electron chi connectivity index (χ1n) is 7.11. The van der Waals surface area contributed by atoms with E-state index in [2.05, 4.69) is 5.48 Å². The lowest BCUT2D eigenvalue weighted by atomic mass is 10.3. The van der Waals surface area contributed by atoms with Crippen molar-refractivity contribution in [1.29, 1.82) is 0 Å². The predicted molar refractivity (Wildman–Crippen MR) is 91.6 cm³/mol. The van der Waals surface area contributed by atoms with Gasteiger partial charge in [0.25, 0.3) is 15.9 Å². The van der Waals surface area contributed by atoms with E-state index in [4.69, 9.17) is 9.57 Å². The lowest BCUT2D eigenvalue weighted by Gasteiger charge is -2.18. The summed E-state index contributed by atoms with van der Waals surface area (Å²) in [5, 5.41) is 1.71. The Morgan fingerprint density at radius 3 is 2.54 bits per heavy atom. The first-order chi connectivity index (χ1) is 11.4. The molecule has 130 valence electrons. The number of nitrogens with one attached hydrogen (secondary N) is 1. The van der Waals surface area contributed by atoms with E-state index in [0.717, 1.165) is 11.3 Å². The summed E-state index contributed by atoms with van der Waals surface area (Å²) < 4.78 is 31.6. The van der Waals surface area contributed by atoms with Crippen LogP contribution in [-0.4, -0.2) is 34.6 Å². The fourth-order valence-corrected chi connectivity index (χ4v) is 4.12. The predicted octanol–water partition coefficient (Wildman–Crippen LogP) is 2.02. The maximum atomic E-state index is 12.4. The van der Waals surface area contributed by atoms with Crippen LogP contribution >= 0.6 is 11.3 Å². The van der Waals surface area contributed by atoms with Crippen LogP contribution in [0.4, 0.5) is 5.69 Å². The van der Waals surface area contributed by atoms with Crippen LogP contribution in [-0.2, 0) is 19.7 Å². The number of carbonyl (C=O) groups is 1. The summed E-state index contributed by atoms with van der Waals surface area (Å²) in [7, 11) is -2.08. The molecule has 0 bridgehead atoms. The van der Waals surface area contributed by atoms with Crippen LogP contribution in [0.2, 0.25) is 0 Å². The van der Waals surface area contributed by atoms with Crippen LogP contribution in [0.5, 0.6) is 5.75 Å². The molecule has 0 unspecified atom stereocenters. The van der Waals surface area contributed by atoms with Crippen molar-refractivity contribution in [2.75, 3.05) is 24.6 Å². The number of benzene rings is 1. The van der Waals surface area contributed by atoms with E-state index in [1.54, 1.807) is 48.7 Å². The molecule has 7 nitrogen and oxygen atoms in total. The lowest BCUT2D eigenvalue weighted by molar-refractivity contribution is -0.135. The Balaban J connectivity index is 2.00. The highest BCUT2D eigenvalue weighted by Gasteiger charge is 2.22. The Labute approximate surface area is 144 Å². The van der Waals surface area contributed by atoms with Crippen LogP contribution in [0, 0.1) is 0 Å². The molecule has 0 atom stereocenters. The van der Waals surface area contributed by atoms with Crippen molar-refractivity contribution >= 4 is 33.0 Å². The number of sulfonamides is 1. The number of hydroxylamine groups is 1. The molecule has 0 saturated heterocycles. The maximum absolute atomic E-state index is 12.4. The van der Waals surface area contributed by atoms with Crippen molar-refractivity contribution in [1.82, 2.24) is 5.48 Å². The van der Waals surface area contributed by atoms with Crippen molar-refractivity contribution in [2.45, 2.75) is 11.1 Å². The Kier molecular flexibility index (Phi) is 6.18. The van der Waals surface area contributed by atoms with E-state index in [9.17, 15) is 13.2 Å². The van der Waals surface area contributed by atoms with Crippen molar-refractivity contribution in [3.05, 3.63) is 41.8 Å². The van der Waals surface area contributed by atoms with Gasteiger partial charge < -0.3 is 4.74 Å². The molecule has 0 spiro atoms. The van der Waals surface area contributed by atoms with Gasteiger partial charge in [-0.2, -0.15) is 0 Å². The number of thiophene rings is 1. The third-order valence-corrected chi connectivity index (χ3v) is 6.17. The van der Waals surface area contributed by atoms with Gasteiger partial charge >= 0.3 is 0 Å². The number of nitrogens with zero attached hydrogens (tertiary/aromatic N) is 1. The maximum Gasteiger partial charge on any atom is 0.281 e. The van der Waals surface area contributed by atoms with E-state index in [1.807, 2.05) is 0 Å². The van der Waals surface area contributed by atoms with Crippen LogP contribution in [0.25, 0.3) is 0 Å². The first kappa shape index (κ1) is 18.2. The summed E-state index contributed by atoms with van der Waals surface area (Å²) in [4.78, 5) is 16.1. The minimum Gasteiger partial charge on any atom is -0.484 e. The highest BCUT2D eigenvalue weighted by Crippen LogP contribution is 2.26. The van der Waals surface area contributed by atoms with E-state index in [-0.39, 0.29) is 10.8 Å². The van der Waals surface area contributed by atoms with E-state index >= 15 is 0 Å². The van der Waals surface area contributed by atoms with E-state index < -0.39 is 15.9 Å². The van der Waals surface area contributed by atoms with E-state index in [0.29, 0.717) is 18.0 Å². The molecule has 0 aliphatic heterocycles. The molecular formula is C15H18N2O5S2. The molecule has 0 aliphatic carbocycles. The Bertz CT molecular complexity index is 758. The Morgan fingerprint density at radius 2 is 1.96 bits per heavy atom. The quantitative estimate of drug-likeness (QED) is 0.719. The molecule has 1 amide bonds. The SMILES string of the molecule is CCONC(=O)COc1ccc(N(C)S(=O)(=O)c2cccs2)cc1. The zero-order valence-corrected chi connectivity index (χ0v) is 14.9. The number of ether oxygens (including phenoxy) is 1. The average molecular weight is 370 g/mol. The third-order valence-electron chi connectivity index (χ3n) is 3.01. The van der Waals surface area contributed by atoms with Gasteiger partial charge in [0.05, 0.1) is 12.3 Å². The topological polar surface area (TPSA) is 84.9 Å². The second-order valence-electron chi connectivity index (χ2n) is 4.65. The number of hydrogen-bond acceptors (Lipinski definition) is 6. The van der Waals surface area contributed by atoms with Crippen molar-refractivity contribution in [3.63, 3.8) is 0 Å². The van der Waals surface area contributed by atoms with Crippen LogP contribution in [0.1, 0.15) is 6.92 Å². The summed E-state index contributed by atoms with van der Waals surface area (Å²) >= 11 is 1.16. The minimum atomic E-state index is -3.57. The van der Waals surface area contributed by atoms with E-state index in [1.165, 1.54) is 11.4 Å². The largest absolute Gasteiger partial charge is 0.484 e. The summed E-state index contributed by atoms with van der Waals surface area (Å²) in [6.45, 7) is 1.93. The lowest BCUT2D eigenvalue weighted by Crippen LogP contribution is -2.29. The number of anilines is 1. The van der Waals surface area contributed by atoms with Gasteiger partial charge in [0.1, 0.15) is 9.96 Å². The Morgan fingerprint density at radius 1 is 1.25 bits per heavy atom. The molecule has 0 saturated carbocycles. The van der Waals surface area contributed by atoms with Crippen molar-refractivity contribution in [3.8, 4) is 5.75 Å². The van der Waals surface area contributed by atoms with Crippen LogP contribution < -0.4 is 14.5 Å². The molecular weight excluding hydrogens is 352 g/mol. The molecule has 1 aromatic carbocycles. The molecule has 0 fully saturated rings. The molecule has 0 aliphatic rings. The van der Waals surface area contributed by atoms with Gasteiger partial charge in [-0.05, 0) is 42.6 Å². The standard InChI is InChI=1S/C15H18N2O5S2/c1-3-22-16-14(18)11-21-13-8-6-12(7-9-13)17(2)24(19,20)15-5-4-10-23-15/h4-10H,3,11H2,1-2H3,(H,16,18). The molecule has 0 radical (unpaired) electrons. The smallest absolute Gasteiger partial charge is 0.281 e. The fourth-order valence-electron chi connectivity index (χ4n) is 1.77. The van der Waals surface area contributed by atoms with Gasteiger partial charge in [-0.3, -0.25) is 13.9 Å². The molecule has 9 heteroatoms. The van der Waals surface area contributed by atoms with Gasteiger partial charge in [-0.25, -0.2) is 13.9 Å². The van der Waals surface area contributed by atoms with Gasteiger partial charge in [0.2, 0.25) is 0 Å². The average Bonchev–Trinajstić information content (AvgIpc) is 3.13. The summed E-state index contributed by atoms with van der Waals surface area (Å²) in [5.41, 5.74) is 2.71. The number of hydrogen-bond donors (Lipinski definition) is 1. The summed E-state index contributed by atoms with van der Waals surface area (Å²) in [6, 6.07) is 9.68. The van der Waals surface area contributed by atoms with Crippen molar-refractivity contribution in [2.24, 2.45) is 0 Å². The zero-order valence-electron chi connectivity index (χ0n) is 13.3. The van der Waals surface area contributed by atoms with Crippen molar-refractivity contribution < 1.29 is 22.8 Å². The molecule has 1 heterocycles. The second-order valence-corrected chi connectivity index (χ2v) is 7.79. The highest BCUT2D eigenvalue weighted by molar-refractivity contribution is 7.94. The van der Waals surface area contributed by atoms with Gasteiger partial charge in [-0.15, -0.1) is 11.3 Å². The second kappa shape index (κ2) is 8.13. The fraction of sp³-hybridized carbons (Fsp3) is 0.267. The number of rotatable bonds is 8. The monoisotopic (exact) mass is 370 g/mol. The van der Waals surface area contributed by atoms with Crippen LogP contribution in [0.3, 0.4) is 0 Å². The normalized spacial score (nSPS) is 11.1. The zero-order chi connectivity index (χ0) is 17.6. The highest BCUT2D eigenvalue weighted by atomic mass is 32.2. The summed E-state index contributed by atoms with van der Waals surface area (Å²) in [6.07, 6.45) is 0. The number of carbonyl (C=O) groups excluding carboxylic acids is 1. The van der Waals surface area contributed by atoms with Gasteiger partial charge in [-0.1, -0.05) is 6.07 Å². The van der Waals surface area contributed by atoms with Gasteiger partial charge in [0, 0.05) is 7.05 Å². The molecule has 1 aromatic heterocycles. The first-order valence-corrected chi connectivity index (χ1v) is 9.43. The molecule has 2 aromatic rings. The van der Waals surface area contributed by atoms with Gasteiger partial charge in [0.15, 0.2) is 6.61 Å². The number of amides is 1. The molecule has 24 heavy (non-hydrogen) atoms. The third kappa shape index (κ3) is 4.47. The molecule has 2 rings (SSSR count). The summed E-state index contributed by atoms with van der Waals surface area (Å²) in [5.74, 6) is 0.0469. The Hall–Kier alpha value is -2.10. The molecule has 1 N–H and O–H groups in total.